The van der Waals surface area contributed by atoms with Crippen molar-refractivity contribution >= 4 is 18.3 Å². The van der Waals surface area contributed by atoms with Crippen LogP contribution in [0.4, 0.5) is 0 Å². The summed E-state index contributed by atoms with van der Waals surface area (Å²) in [7, 11) is 1.85. The van der Waals surface area contributed by atoms with E-state index in [-0.39, 0.29) is 23.9 Å². The van der Waals surface area contributed by atoms with E-state index >= 15 is 0 Å². The topological polar surface area (TPSA) is 60.0 Å². The molecule has 0 aliphatic carbocycles. The second-order valence-electron chi connectivity index (χ2n) is 4.73. The predicted octanol–water partition coefficient (Wildman–Crippen LogP) is 1.55. The SMILES string of the molecule is CC(C)C(C)(CN)NC(=O)c1cccn1C.Cl. The van der Waals surface area contributed by atoms with Crippen molar-refractivity contribution in [3.05, 3.63) is 24.0 Å². The van der Waals surface area contributed by atoms with E-state index in [0.717, 1.165) is 0 Å². The van der Waals surface area contributed by atoms with Gasteiger partial charge in [0.1, 0.15) is 5.69 Å². The summed E-state index contributed by atoms with van der Waals surface area (Å²) < 4.78 is 1.80. The number of hydrogen-bond acceptors (Lipinski definition) is 2. The van der Waals surface area contributed by atoms with Gasteiger partial charge in [-0.05, 0) is 25.0 Å². The minimum absolute atomic E-state index is 0. The second kappa shape index (κ2) is 6.07. The van der Waals surface area contributed by atoms with Gasteiger partial charge >= 0.3 is 0 Å². The van der Waals surface area contributed by atoms with Crippen molar-refractivity contribution in [3.63, 3.8) is 0 Å². The van der Waals surface area contributed by atoms with Gasteiger partial charge in [-0.2, -0.15) is 0 Å². The van der Waals surface area contributed by atoms with Crippen LogP contribution < -0.4 is 11.1 Å². The van der Waals surface area contributed by atoms with Gasteiger partial charge < -0.3 is 15.6 Å². The molecule has 1 unspecified atom stereocenters. The smallest absolute Gasteiger partial charge is 0.268 e. The van der Waals surface area contributed by atoms with Crippen LogP contribution in [-0.4, -0.2) is 22.6 Å². The first-order chi connectivity index (χ1) is 7.40. The molecule has 17 heavy (non-hydrogen) atoms. The van der Waals surface area contributed by atoms with Crippen LogP contribution in [0.2, 0.25) is 0 Å². The lowest BCUT2D eigenvalue weighted by Gasteiger charge is -2.33. The third-order valence-electron chi connectivity index (χ3n) is 3.27. The molecule has 98 valence electrons. The lowest BCUT2D eigenvalue weighted by molar-refractivity contribution is 0.0875. The van der Waals surface area contributed by atoms with Crippen molar-refractivity contribution in [2.45, 2.75) is 26.3 Å². The predicted molar refractivity (Wildman–Crippen MR) is 72.4 cm³/mol. The van der Waals surface area contributed by atoms with Crippen molar-refractivity contribution < 1.29 is 4.79 Å². The number of hydrogen-bond donors (Lipinski definition) is 2. The zero-order valence-electron chi connectivity index (χ0n) is 10.9. The second-order valence-corrected chi connectivity index (χ2v) is 4.73. The molecule has 5 heteroatoms. The Hall–Kier alpha value is -1.00. The maximum absolute atomic E-state index is 12.0. The maximum Gasteiger partial charge on any atom is 0.268 e. The van der Waals surface area contributed by atoms with Crippen LogP contribution in [-0.2, 0) is 7.05 Å². The Morgan fingerprint density at radius 2 is 2.18 bits per heavy atom. The van der Waals surface area contributed by atoms with Crippen molar-refractivity contribution in [1.29, 1.82) is 0 Å². The molecule has 0 spiro atoms. The molecule has 1 atom stereocenters. The summed E-state index contributed by atoms with van der Waals surface area (Å²) >= 11 is 0. The van der Waals surface area contributed by atoms with Gasteiger partial charge in [0.05, 0.1) is 5.54 Å². The zero-order valence-corrected chi connectivity index (χ0v) is 11.7. The number of nitrogens with one attached hydrogen (secondary N) is 1. The Morgan fingerprint density at radius 1 is 1.59 bits per heavy atom. The third kappa shape index (κ3) is 3.48. The summed E-state index contributed by atoms with van der Waals surface area (Å²) in [5.41, 5.74) is 6.02. The number of nitrogens with two attached hydrogens (primary N) is 1. The first kappa shape index (κ1) is 16.0. The Morgan fingerprint density at radius 3 is 2.53 bits per heavy atom. The molecule has 0 aliphatic heterocycles. The summed E-state index contributed by atoms with van der Waals surface area (Å²) in [6.45, 7) is 6.51. The van der Waals surface area contributed by atoms with Crippen molar-refractivity contribution in [2.75, 3.05) is 6.54 Å². The minimum atomic E-state index is -0.360. The number of aryl methyl sites for hydroxylation is 1. The van der Waals surface area contributed by atoms with Gasteiger partial charge in [-0.1, -0.05) is 13.8 Å². The molecule has 0 radical (unpaired) electrons. The highest BCUT2D eigenvalue weighted by Gasteiger charge is 2.29. The standard InChI is InChI=1S/C12H21N3O.ClH/c1-9(2)12(3,8-13)14-11(16)10-6-5-7-15(10)4;/h5-7,9H,8,13H2,1-4H3,(H,14,16);1H. The van der Waals surface area contributed by atoms with E-state index in [1.54, 1.807) is 10.6 Å². The number of amides is 1. The number of halogens is 1. The van der Waals surface area contributed by atoms with Gasteiger partial charge in [0, 0.05) is 19.8 Å². The van der Waals surface area contributed by atoms with E-state index in [1.165, 1.54) is 0 Å². The average Bonchev–Trinajstić information content (AvgIpc) is 2.64. The number of carbonyl (C=O) groups is 1. The van der Waals surface area contributed by atoms with E-state index in [1.807, 2.05) is 26.2 Å². The number of carbonyl (C=O) groups excluding carboxylic acids is 1. The number of rotatable bonds is 4. The number of nitrogens with zero attached hydrogens (tertiary/aromatic N) is 1. The Kier molecular flexibility index (Phi) is 5.72. The van der Waals surface area contributed by atoms with E-state index in [4.69, 9.17) is 5.73 Å². The van der Waals surface area contributed by atoms with Crippen LogP contribution >= 0.6 is 12.4 Å². The monoisotopic (exact) mass is 259 g/mol. The van der Waals surface area contributed by atoms with Gasteiger partial charge in [0.25, 0.3) is 5.91 Å². The molecular weight excluding hydrogens is 238 g/mol. The highest BCUT2D eigenvalue weighted by molar-refractivity contribution is 5.93. The average molecular weight is 260 g/mol. The molecule has 3 N–H and O–H groups in total. The fraction of sp³-hybridized carbons (Fsp3) is 0.583. The molecule has 1 amide bonds. The molecule has 0 saturated carbocycles. The molecule has 1 rings (SSSR count). The molecule has 0 aromatic carbocycles. The van der Waals surface area contributed by atoms with E-state index in [9.17, 15) is 4.79 Å². The quantitative estimate of drug-likeness (QED) is 0.862. The van der Waals surface area contributed by atoms with Crippen LogP contribution in [0.1, 0.15) is 31.3 Å². The molecule has 0 fully saturated rings. The van der Waals surface area contributed by atoms with E-state index < -0.39 is 0 Å². The summed E-state index contributed by atoms with van der Waals surface area (Å²) in [6, 6.07) is 3.65. The number of aromatic nitrogens is 1. The molecule has 0 bridgehead atoms. The zero-order chi connectivity index (χ0) is 12.3. The molecular formula is C12H22ClN3O. The van der Waals surface area contributed by atoms with Crippen molar-refractivity contribution in [2.24, 2.45) is 18.7 Å². The Bertz CT molecular complexity index is 376. The fourth-order valence-electron chi connectivity index (χ4n) is 1.45. The minimum Gasteiger partial charge on any atom is -0.347 e. The van der Waals surface area contributed by atoms with Gasteiger partial charge in [-0.3, -0.25) is 4.79 Å². The highest BCUT2D eigenvalue weighted by atomic mass is 35.5. The first-order valence-corrected chi connectivity index (χ1v) is 5.54. The van der Waals surface area contributed by atoms with Crippen LogP contribution in [0, 0.1) is 5.92 Å². The first-order valence-electron chi connectivity index (χ1n) is 5.54. The summed E-state index contributed by atoms with van der Waals surface area (Å²) in [5, 5.41) is 3.00. The maximum atomic E-state index is 12.0. The molecule has 1 aromatic rings. The van der Waals surface area contributed by atoms with Crippen molar-refractivity contribution in [1.82, 2.24) is 9.88 Å². The lowest BCUT2D eigenvalue weighted by Crippen LogP contribution is -2.55. The molecule has 0 aliphatic rings. The van der Waals surface area contributed by atoms with E-state index in [2.05, 4.69) is 19.2 Å². The lowest BCUT2D eigenvalue weighted by atomic mass is 9.88. The van der Waals surface area contributed by atoms with Gasteiger partial charge in [-0.25, -0.2) is 0 Å². The van der Waals surface area contributed by atoms with Gasteiger partial charge in [0.15, 0.2) is 0 Å². The molecule has 0 saturated heterocycles. The normalized spacial score (nSPS) is 14.0. The third-order valence-corrected chi connectivity index (χ3v) is 3.27. The van der Waals surface area contributed by atoms with Crippen molar-refractivity contribution in [3.8, 4) is 0 Å². The van der Waals surface area contributed by atoms with Crippen LogP contribution in [0.5, 0.6) is 0 Å². The summed E-state index contributed by atoms with van der Waals surface area (Å²) in [4.78, 5) is 12.0. The molecule has 1 heterocycles. The Labute approximate surface area is 109 Å². The van der Waals surface area contributed by atoms with E-state index in [0.29, 0.717) is 18.2 Å². The summed E-state index contributed by atoms with van der Waals surface area (Å²) in [5.74, 6) is 0.218. The fourth-order valence-corrected chi connectivity index (χ4v) is 1.45. The molecule has 4 nitrogen and oxygen atoms in total. The van der Waals surface area contributed by atoms with Crippen LogP contribution in [0.15, 0.2) is 18.3 Å². The molecule has 1 aromatic heterocycles. The Balaban J connectivity index is 0.00000256. The van der Waals surface area contributed by atoms with Crippen LogP contribution in [0.3, 0.4) is 0 Å². The summed E-state index contributed by atoms with van der Waals surface area (Å²) in [6.07, 6.45) is 1.85. The largest absolute Gasteiger partial charge is 0.347 e. The van der Waals surface area contributed by atoms with Crippen LogP contribution in [0.25, 0.3) is 0 Å². The highest BCUT2D eigenvalue weighted by Crippen LogP contribution is 2.15. The van der Waals surface area contributed by atoms with Gasteiger partial charge in [0.2, 0.25) is 0 Å². The van der Waals surface area contributed by atoms with Gasteiger partial charge in [-0.15, -0.1) is 12.4 Å².